The minimum atomic E-state index is -0.203. The Morgan fingerprint density at radius 1 is 1.50 bits per heavy atom. The van der Waals surface area contributed by atoms with E-state index in [1.165, 1.54) is 6.08 Å². The fourth-order valence-corrected chi connectivity index (χ4v) is 0.656. The highest BCUT2D eigenvalue weighted by atomic mass is 16.6. The van der Waals surface area contributed by atoms with Crippen molar-refractivity contribution in [2.75, 3.05) is 0 Å². The molecule has 0 aromatic heterocycles. The van der Waals surface area contributed by atoms with Crippen LogP contribution in [0.5, 0.6) is 0 Å². The van der Waals surface area contributed by atoms with E-state index in [-0.39, 0.29) is 11.7 Å². The van der Waals surface area contributed by atoms with Gasteiger partial charge in [-0.3, -0.25) is 0 Å². The molecule has 3 nitrogen and oxygen atoms in total. The van der Waals surface area contributed by atoms with Crippen LogP contribution < -0.4 is 0 Å². The summed E-state index contributed by atoms with van der Waals surface area (Å²) in [5.74, 6) is -0.175. The van der Waals surface area contributed by atoms with Crippen molar-refractivity contribution in [3.05, 3.63) is 35.7 Å². The molecular weight excluding hydrogens is 132 g/mol. The molecule has 0 bridgehead atoms. The van der Waals surface area contributed by atoms with E-state index in [1.54, 1.807) is 13.0 Å². The Balaban J connectivity index is 2.90. The zero-order chi connectivity index (χ0) is 7.56. The molecule has 0 saturated heterocycles. The van der Waals surface area contributed by atoms with Crippen molar-refractivity contribution in [3.8, 4) is 0 Å². The molecule has 0 fully saturated rings. The molecule has 0 aliphatic carbocycles. The second-order valence-electron chi connectivity index (χ2n) is 1.85. The summed E-state index contributed by atoms with van der Waals surface area (Å²) in [6.07, 6.45) is 4.10. The third kappa shape index (κ3) is 1.13. The van der Waals surface area contributed by atoms with Gasteiger partial charge in [0.15, 0.2) is 5.76 Å². The molecule has 1 heterocycles. The molecule has 0 amide bonds. The Morgan fingerprint density at radius 2 is 2.20 bits per heavy atom. The molecular formula is C7H8O3. The van der Waals surface area contributed by atoms with Crippen molar-refractivity contribution in [3.63, 3.8) is 0 Å². The summed E-state index contributed by atoms with van der Waals surface area (Å²) in [5, 5.41) is 17.8. The van der Waals surface area contributed by atoms with Crippen molar-refractivity contribution >= 4 is 0 Å². The van der Waals surface area contributed by atoms with E-state index in [2.05, 4.69) is 4.74 Å². The zero-order valence-electron chi connectivity index (χ0n) is 5.53. The van der Waals surface area contributed by atoms with Gasteiger partial charge in [-0.2, -0.15) is 0 Å². The van der Waals surface area contributed by atoms with Gasteiger partial charge in [0.25, 0.3) is 5.95 Å². The predicted molar refractivity (Wildman–Crippen MR) is 36.3 cm³/mol. The minimum Gasteiger partial charge on any atom is -0.504 e. The summed E-state index contributed by atoms with van der Waals surface area (Å²) in [4.78, 5) is 0. The van der Waals surface area contributed by atoms with Crippen molar-refractivity contribution in [1.29, 1.82) is 0 Å². The lowest BCUT2D eigenvalue weighted by atomic mass is 10.2. The van der Waals surface area contributed by atoms with Gasteiger partial charge in [0.2, 0.25) is 0 Å². The molecule has 3 heteroatoms. The molecule has 0 unspecified atom stereocenters. The number of hydrogen-bond donors (Lipinski definition) is 2. The highest BCUT2D eigenvalue weighted by Crippen LogP contribution is 2.16. The lowest BCUT2D eigenvalue weighted by molar-refractivity contribution is 0.154. The number of aliphatic hydroxyl groups is 2. The molecule has 0 spiro atoms. The van der Waals surface area contributed by atoms with Gasteiger partial charge in [0.1, 0.15) is 6.26 Å². The fraction of sp³-hybridized carbons (Fsp3) is 0.143. The van der Waals surface area contributed by atoms with Crippen LogP contribution in [-0.4, -0.2) is 10.2 Å². The average Bonchev–Trinajstić information content (AvgIpc) is 1.94. The van der Waals surface area contributed by atoms with Gasteiger partial charge in [-0.05, 0) is 6.92 Å². The first-order valence-electron chi connectivity index (χ1n) is 2.87. The molecule has 0 saturated carbocycles. The maximum absolute atomic E-state index is 9.00. The lowest BCUT2D eigenvalue weighted by Crippen LogP contribution is -1.96. The molecule has 54 valence electrons. The molecule has 1 aliphatic rings. The summed E-state index contributed by atoms with van der Waals surface area (Å²) < 4.78 is 4.49. The molecule has 1 aliphatic heterocycles. The first kappa shape index (κ1) is 6.74. The van der Waals surface area contributed by atoms with E-state index in [0.717, 1.165) is 6.26 Å². The second-order valence-corrected chi connectivity index (χ2v) is 1.85. The van der Waals surface area contributed by atoms with Crippen molar-refractivity contribution in [2.45, 2.75) is 6.92 Å². The maximum atomic E-state index is 9.00. The van der Waals surface area contributed by atoms with Crippen LogP contribution in [0.25, 0.3) is 0 Å². The Morgan fingerprint density at radius 3 is 2.70 bits per heavy atom. The number of hydrogen-bond acceptors (Lipinski definition) is 3. The van der Waals surface area contributed by atoms with E-state index in [9.17, 15) is 0 Å². The van der Waals surface area contributed by atoms with Crippen LogP contribution in [0.3, 0.4) is 0 Å². The standard InChI is InChI=1S/C7H8O3/c1-2-5-3-7(9)10-4-6(5)8/h2-4,8-9H,1H3/b5-2+. The van der Waals surface area contributed by atoms with E-state index in [4.69, 9.17) is 10.2 Å². The van der Waals surface area contributed by atoms with Gasteiger partial charge in [0.05, 0.1) is 0 Å². The molecule has 2 N–H and O–H groups in total. The first-order chi connectivity index (χ1) is 4.74. The Labute approximate surface area is 58.6 Å². The quantitative estimate of drug-likeness (QED) is 0.539. The van der Waals surface area contributed by atoms with Gasteiger partial charge in [-0.25, -0.2) is 0 Å². The molecule has 10 heavy (non-hydrogen) atoms. The highest BCUT2D eigenvalue weighted by molar-refractivity contribution is 5.36. The van der Waals surface area contributed by atoms with Gasteiger partial charge in [0, 0.05) is 11.6 Å². The van der Waals surface area contributed by atoms with Crippen LogP contribution in [0.15, 0.2) is 35.7 Å². The van der Waals surface area contributed by atoms with E-state index in [0.29, 0.717) is 5.57 Å². The summed E-state index contributed by atoms with van der Waals surface area (Å²) in [7, 11) is 0. The number of rotatable bonds is 0. The van der Waals surface area contributed by atoms with Crippen LogP contribution in [0.1, 0.15) is 6.92 Å². The summed E-state index contributed by atoms with van der Waals surface area (Å²) >= 11 is 0. The van der Waals surface area contributed by atoms with Gasteiger partial charge in [-0.15, -0.1) is 0 Å². The third-order valence-corrected chi connectivity index (χ3v) is 1.18. The monoisotopic (exact) mass is 140 g/mol. The topological polar surface area (TPSA) is 49.7 Å². The van der Waals surface area contributed by atoms with Crippen LogP contribution in [-0.2, 0) is 4.74 Å². The van der Waals surface area contributed by atoms with Crippen molar-refractivity contribution < 1.29 is 14.9 Å². The van der Waals surface area contributed by atoms with Crippen molar-refractivity contribution in [2.24, 2.45) is 0 Å². The molecule has 0 atom stereocenters. The smallest absolute Gasteiger partial charge is 0.282 e. The Kier molecular flexibility index (Phi) is 1.67. The average molecular weight is 140 g/mol. The maximum Gasteiger partial charge on any atom is 0.282 e. The highest BCUT2D eigenvalue weighted by Gasteiger charge is 2.07. The SMILES string of the molecule is C/C=C1\C=C(O)OC=C1O. The van der Waals surface area contributed by atoms with E-state index >= 15 is 0 Å². The molecule has 0 aromatic rings. The summed E-state index contributed by atoms with van der Waals surface area (Å²) in [6.45, 7) is 1.76. The van der Waals surface area contributed by atoms with Crippen LogP contribution in [0, 0.1) is 0 Å². The second kappa shape index (κ2) is 2.47. The first-order valence-corrected chi connectivity index (χ1v) is 2.87. The number of aliphatic hydroxyl groups excluding tert-OH is 2. The van der Waals surface area contributed by atoms with E-state index < -0.39 is 0 Å². The number of allylic oxidation sites excluding steroid dienone is 2. The van der Waals surface area contributed by atoms with Gasteiger partial charge in [-0.1, -0.05) is 6.08 Å². The van der Waals surface area contributed by atoms with Crippen LogP contribution in [0.4, 0.5) is 0 Å². The van der Waals surface area contributed by atoms with Gasteiger partial charge >= 0.3 is 0 Å². The van der Waals surface area contributed by atoms with Crippen LogP contribution in [0.2, 0.25) is 0 Å². The Hall–Kier alpha value is -1.38. The third-order valence-electron chi connectivity index (χ3n) is 1.18. The molecule has 0 aromatic carbocycles. The van der Waals surface area contributed by atoms with Crippen LogP contribution >= 0.6 is 0 Å². The summed E-state index contributed by atoms with van der Waals surface area (Å²) in [6, 6.07) is 0. The molecule has 0 radical (unpaired) electrons. The molecule has 1 rings (SSSR count). The van der Waals surface area contributed by atoms with Crippen molar-refractivity contribution in [1.82, 2.24) is 0 Å². The lowest BCUT2D eigenvalue weighted by Gasteiger charge is -2.07. The largest absolute Gasteiger partial charge is 0.504 e. The zero-order valence-corrected chi connectivity index (χ0v) is 5.53. The minimum absolute atomic E-state index is 0.0281. The predicted octanol–water partition coefficient (Wildman–Crippen LogP) is 1.76. The fourth-order valence-electron chi connectivity index (χ4n) is 0.656. The van der Waals surface area contributed by atoms with Gasteiger partial charge < -0.3 is 14.9 Å². The Bertz CT molecular complexity index is 223. The normalized spacial score (nSPS) is 21.5. The van der Waals surface area contributed by atoms with E-state index in [1.807, 2.05) is 0 Å². The number of ether oxygens (including phenoxy) is 1. The summed E-state index contributed by atoms with van der Waals surface area (Å²) in [5.41, 5.74) is 0.559.